The second-order valence-corrected chi connectivity index (χ2v) is 9.91. The molecule has 6 nitrogen and oxygen atoms in total. The average Bonchev–Trinajstić information content (AvgIpc) is 3.65. The van der Waals surface area contributed by atoms with Crippen molar-refractivity contribution in [2.75, 3.05) is 0 Å². The third-order valence-corrected chi connectivity index (χ3v) is 7.46. The van der Waals surface area contributed by atoms with Crippen LogP contribution in [0.1, 0.15) is 69.5 Å². The van der Waals surface area contributed by atoms with E-state index >= 15 is 0 Å². The Morgan fingerprint density at radius 1 is 1.22 bits per heavy atom. The summed E-state index contributed by atoms with van der Waals surface area (Å²) in [5, 5.41) is 20.6. The topological polar surface area (TPSA) is 107 Å². The van der Waals surface area contributed by atoms with Gasteiger partial charge in [-0.05, 0) is 73.9 Å². The molecule has 3 N–H and O–H groups in total. The van der Waals surface area contributed by atoms with Crippen molar-refractivity contribution in [3.05, 3.63) is 80.5 Å². The maximum atomic E-state index is 13.9. The van der Waals surface area contributed by atoms with E-state index in [0.29, 0.717) is 23.1 Å². The summed E-state index contributed by atoms with van der Waals surface area (Å²) in [5.74, 6) is -2.36. The van der Waals surface area contributed by atoms with Crippen LogP contribution in [-0.2, 0) is 10.2 Å². The Kier molecular flexibility index (Phi) is 7.03. The van der Waals surface area contributed by atoms with Gasteiger partial charge in [0, 0.05) is 17.2 Å². The zero-order chi connectivity index (χ0) is 27.1. The van der Waals surface area contributed by atoms with Gasteiger partial charge in [0.1, 0.15) is 6.29 Å². The molecular formula is C27H24ClF3N2O4. The second-order valence-electron chi connectivity index (χ2n) is 9.50. The molecule has 2 aliphatic rings. The molecule has 0 aliphatic heterocycles. The van der Waals surface area contributed by atoms with Crippen LogP contribution in [0, 0.1) is 18.3 Å². The van der Waals surface area contributed by atoms with Gasteiger partial charge in [0.2, 0.25) is 0 Å². The summed E-state index contributed by atoms with van der Waals surface area (Å²) in [6.45, 7) is 1.61. The molecule has 10 heteroatoms. The fraction of sp³-hybridized carbons (Fsp3) is 0.333. The van der Waals surface area contributed by atoms with Crippen LogP contribution in [0.2, 0.25) is 5.02 Å². The highest BCUT2D eigenvalue weighted by Crippen LogP contribution is 2.60. The highest BCUT2D eigenvalue weighted by Gasteiger charge is 2.65. The molecule has 2 aliphatic carbocycles. The number of hydrogen-bond donors (Lipinski definition) is 3. The van der Waals surface area contributed by atoms with Crippen molar-refractivity contribution in [2.24, 2.45) is 5.92 Å². The smallest absolute Gasteiger partial charge is 0.398 e. The molecule has 0 aromatic heterocycles. The summed E-state index contributed by atoms with van der Waals surface area (Å²) in [4.78, 5) is 36.3. The number of carbonyl (C=O) groups excluding carboxylic acids is 2. The molecule has 0 spiro atoms. The number of rotatable bonds is 7. The fourth-order valence-corrected chi connectivity index (χ4v) is 5.16. The lowest BCUT2D eigenvalue weighted by molar-refractivity contribution is -0.160. The van der Waals surface area contributed by atoms with Crippen LogP contribution in [0.3, 0.4) is 0 Å². The van der Waals surface area contributed by atoms with E-state index in [2.05, 4.69) is 5.32 Å². The molecule has 4 rings (SSSR count). The molecule has 0 heterocycles. The zero-order valence-corrected chi connectivity index (χ0v) is 20.6. The van der Waals surface area contributed by atoms with Crippen LogP contribution < -0.4 is 5.32 Å². The van der Waals surface area contributed by atoms with E-state index in [1.54, 1.807) is 13.0 Å². The molecule has 1 unspecified atom stereocenters. The van der Waals surface area contributed by atoms with Gasteiger partial charge in [0.25, 0.3) is 5.91 Å². The third kappa shape index (κ3) is 4.92. The molecule has 1 atom stereocenters. The molecule has 0 radical (unpaired) electrons. The van der Waals surface area contributed by atoms with E-state index in [9.17, 15) is 32.7 Å². The minimum Gasteiger partial charge on any atom is -0.478 e. The number of carbonyl (C=O) groups is 3. The molecule has 1 fully saturated rings. The molecule has 1 saturated carbocycles. The van der Waals surface area contributed by atoms with Crippen molar-refractivity contribution in [2.45, 2.75) is 50.6 Å². The molecule has 1 amide bonds. The number of halogens is 4. The van der Waals surface area contributed by atoms with Crippen LogP contribution in [0.4, 0.5) is 13.2 Å². The fourth-order valence-electron chi connectivity index (χ4n) is 4.90. The Morgan fingerprint density at radius 2 is 1.92 bits per heavy atom. The predicted molar refractivity (Wildman–Crippen MR) is 131 cm³/mol. The number of amides is 1. The van der Waals surface area contributed by atoms with E-state index in [0.717, 1.165) is 6.29 Å². The first kappa shape index (κ1) is 26.6. The molecule has 0 bridgehead atoms. The lowest BCUT2D eigenvalue weighted by Gasteiger charge is -2.27. The van der Waals surface area contributed by atoms with Crippen molar-refractivity contribution in [1.29, 1.82) is 5.41 Å². The number of aromatic carboxylic acids is 1. The summed E-state index contributed by atoms with van der Waals surface area (Å²) in [6.07, 6.45) is -3.28. The van der Waals surface area contributed by atoms with Crippen LogP contribution in [0.25, 0.3) is 0 Å². The lowest BCUT2D eigenvalue weighted by atomic mass is 9.83. The monoisotopic (exact) mass is 532 g/mol. The minimum atomic E-state index is -4.55. The SMILES string of the molecule is Cc1cc(C(=N)C2=C(NC(=O)c3c(Cl)cccc3C3(C(F)(F)F)CC3)CC(C=O)CC2)ccc1C(=O)O. The van der Waals surface area contributed by atoms with Crippen molar-refractivity contribution in [3.63, 3.8) is 0 Å². The van der Waals surface area contributed by atoms with Crippen LogP contribution in [0.15, 0.2) is 47.7 Å². The van der Waals surface area contributed by atoms with Gasteiger partial charge in [-0.25, -0.2) is 4.79 Å². The highest BCUT2D eigenvalue weighted by molar-refractivity contribution is 6.34. The van der Waals surface area contributed by atoms with Gasteiger partial charge in [-0.3, -0.25) is 10.2 Å². The first-order chi connectivity index (χ1) is 17.4. The Hall–Kier alpha value is -3.46. The molecule has 37 heavy (non-hydrogen) atoms. The standard InChI is InChI=1S/C27H24ClF3N2O4/c1-14-11-16(6-8-17(14)25(36)37)23(32)18-7-5-15(13-34)12-21(18)33-24(35)22-19(3-2-4-20(22)28)26(9-10-26)27(29,30)31/h2-4,6,8,11,13,15,32H,5,7,9-10,12H2,1H3,(H,33,35)(H,36,37). The molecule has 2 aromatic rings. The summed E-state index contributed by atoms with van der Waals surface area (Å²) < 4.78 is 41.7. The lowest BCUT2D eigenvalue weighted by Crippen LogP contribution is -2.34. The highest BCUT2D eigenvalue weighted by atomic mass is 35.5. The zero-order valence-electron chi connectivity index (χ0n) is 19.8. The van der Waals surface area contributed by atoms with E-state index in [1.165, 1.54) is 30.3 Å². The van der Waals surface area contributed by atoms with Gasteiger partial charge in [0.15, 0.2) is 0 Å². The normalized spacial score (nSPS) is 18.8. The third-order valence-electron chi connectivity index (χ3n) is 7.15. The van der Waals surface area contributed by atoms with E-state index in [-0.39, 0.29) is 58.8 Å². The van der Waals surface area contributed by atoms with Crippen molar-refractivity contribution >= 4 is 35.5 Å². The van der Waals surface area contributed by atoms with Gasteiger partial charge in [0.05, 0.1) is 27.3 Å². The number of carboxylic acids is 1. The van der Waals surface area contributed by atoms with E-state index < -0.39 is 29.4 Å². The number of hydrogen-bond acceptors (Lipinski definition) is 4. The Labute approximate surface area is 216 Å². The number of alkyl halides is 3. The van der Waals surface area contributed by atoms with Gasteiger partial charge >= 0.3 is 12.1 Å². The predicted octanol–water partition coefficient (Wildman–Crippen LogP) is 5.99. The number of aryl methyl sites for hydroxylation is 1. The van der Waals surface area contributed by atoms with Crippen molar-refractivity contribution in [3.8, 4) is 0 Å². The molecule has 194 valence electrons. The maximum Gasteiger partial charge on any atom is 0.398 e. The summed E-state index contributed by atoms with van der Waals surface area (Å²) in [7, 11) is 0. The van der Waals surface area contributed by atoms with Crippen LogP contribution in [0.5, 0.6) is 0 Å². The second kappa shape index (κ2) is 9.78. The Morgan fingerprint density at radius 3 is 2.49 bits per heavy atom. The first-order valence-electron chi connectivity index (χ1n) is 11.7. The molecular weight excluding hydrogens is 509 g/mol. The van der Waals surface area contributed by atoms with Gasteiger partial charge in [-0.15, -0.1) is 0 Å². The van der Waals surface area contributed by atoms with Gasteiger partial charge in [-0.2, -0.15) is 13.2 Å². The van der Waals surface area contributed by atoms with Gasteiger partial charge in [-0.1, -0.05) is 29.8 Å². The quantitative estimate of drug-likeness (QED) is 0.300. The van der Waals surface area contributed by atoms with E-state index in [4.69, 9.17) is 17.0 Å². The van der Waals surface area contributed by atoms with Gasteiger partial charge < -0.3 is 15.2 Å². The number of carboxylic acid groups (broad SMARTS) is 1. The van der Waals surface area contributed by atoms with E-state index in [1.807, 2.05) is 0 Å². The maximum absolute atomic E-state index is 13.9. The Balaban J connectivity index is 1.73. The largest absolute Gasteiger partial charge is 0.478 e. The van der Waals surface area contributed by atoms with Crippen molar-refractivity contribution in [1.82, 2.24) is 5.32 Å². The average molecular weight is 533 g/mol. The molecule has 0 saturated heterocycles. The number of nitrogens with one attached hydrogen (secondary N) is 2. The summed E-state index contributed by atoms with van der Waals surface area (Å²) in [6, 6.07) is 8.43. The summed E-state index contributed by atoms with van der Waals surface area (Å²) in [5.41, 5.74) is -0.902. The number of allylic oxidation sites excluding steroid dienone is 2. The number of benzene rings is 2. The summed E-state index contributed by atoms with van der Waals surface area (Å²) >= 11 is 6.24. The Bertz CT molecular complexity index is 1350. The number of aldehydes is 1. The first-order valence-corrected chi connectivity index (χ1v) is 12.0. The molecule has 2 aromatic carbocycles. The minimum absolute atomic E-state index is 0.0352. The van der Waals surface area contributed by atoms with Crippen LogP contribution >= 0.6 is 11.6 Å². The van der Waals surface area contributed by atoms with Crippen LogP contribution in [-0.4, -0.2) is 35.2 Å². The van der Waals surface area contributed by atoms with Crippen molar-refractivity contribution < 1.29 is 32.7 Å².